The van der Waals surface area contributed by atoms with E-state index >= 15 is 0 Å². The molecule has 28 heavy (non-hydrogen) atoms. The number of rotatable bonds is 1. The van der Waals surface area contributed by atoms with Crippen LogP contribution in [0.1, 0.15) is 33.6 Å². The van der Waals surface area contributed by atoms with Crippen molar-refractivity contribution in [2.24, 2.45) is 0 Å². The van der Waals surface area contributed by atoms with Crippen LogP contribution >= 0.6 is 23.2 Å². The highest BCUT2D eigenvalue weighted by atomic mass is 35.5. The zero-order chi connectivity index (χ0) is 20.2. The molecule has 2 aromatic heterocycles. The summed E-state index contributed by atoms with van der Waals surface area (Å²) < 4.78 is 20.0. The molecule has 150 valence electrons. The third kappa shape index (κ3) is 3.43. The maximum atomic E-state index is 14.4. The standard InChI is InChI=1S/C18H20Cl2FN5O2/c1-18(2,3)28-17(27)26-9-4-5-10(26)8-25(7-9)15-14-13(23-16(20)24-15)12(21)11(19)6-22-14/h6,9-10H,4-5,7-8H2,1-3H3. The van der Waals surface area contributed by atoms with Gasteiger partial charge in [0.25, 0.3) is 0 Å². The first-order valence-corrected chi connectivity index (χ1v) is 9.83. The van der Waals surface area contributed by atoms with Gasteiger partial charge in [0.2, 0.25) is 5.28 Å². The molecule has 0 saturated carbocycles. The third-order valence-electron chi connectivity index (χ3n) is 4.95. The van der Waals surface area contributed by atoms with Gasteiger partial charge in [-0.1, -0.05) is 11.6 Å². The number of anilines is 1. The lowest BCUT2D eigenvalue weighted by molar-refractivity contribution is 0.0123. The number of hydrogen-bond donors (Lipinski definition) is 0. The fourth-order valence-corrected chi connectivity index (χ4v) is 4.19. The van der Waals surface area contributed by atoms with Crippen molar-refractivity contribution in [2.45, 2.75) is 51.3 Å². The Bertz CT molecular complexity index is 938. The second-order valence-corrected chi connectivity index (χ2v) is 8.86. The molecule has 2 bridgehead atoms. The number of halogens is 3. The number of aromatic nitrogens is 3. The molecule has 0 N–H and O–H groups in total. The lowest BCUT2D eigenvalue weighted by atomic mass is 10.1. The van der Waals surface area contributed by atoms with Gasteiger partial charge in [0.1, 0.15) is 16.6 Å². The molecule has 2 aliphatic rings. The van der Waals surface area contributed by atoms with E-state index in [4.69, 9.17) is 27.9 Å². The van der Waals surface area contributed by atoms with Crippen LogP contribution in [0.25, 0.3) is 11.0 Å². The van der Waals surface area contributed by atoms with E-state index in [0.29, 0.717) is 24.4 Å². The van der Waals surface area contributed by atoms with Crippen LogP contribution < -0.4 is 4.90 Å². The van der Waals surface area contributed by atoms with Crippen LogP contribution in [0, 0.1) is 5.82 Å². The average molecular weight is 428 g/mol. The number of piperazine rings is 1. The summed E-state index contributed by atoms with van der Waals surface area (Å²) in [7, 11) is 0. The molecular formula is C18H20Cl2FN5O2. The Kier molecular flexibility index (Phi) is 4.74. The molecule has 0 spiro atoms. The summed E-state index contributed by atoms with van der Waals surface area (Å²) in [5, 5.41) is -0.199. The summed E-state index contributed by atoms with van der Waals surface area (Å²) >= 11 is 11.9. The molecule has 0 radical (unpaired) electrons. The first kappa shape index (κ1) is 19.4. The van der Waals surface area contributed by atoms with Crippen LogP contribution in [-0.2, 0) is 4.74 Å². The SMILES string of the molecule is CC(C)(C)OC(=O)N1C2CCC1CN(c1nc(Cl)nc3c(F)c(Cl)cnc13)C2. The van der Waals surface area contributed by atoms with Crippen molar-refractivity contribution in [2.75, 3.05) is 18.0 Å². The van der Waals surface area contributed by atoms with E-state index in [9.17, 15) is 9.18 Å². The van der Waals surface area contributed by atoms with E-state index < -0.39 is 11.4 Å². The topological polar surface area (TPSA) is 71.5 Å². The highest BCUT2D eigenvalue weighted by Crippen LogP contribution is 2.36. The van der Waals surface area contributed by atoms with Crippen molar-refractivity contribution >= 4 is 46.1 Å². The second kappa shape index (κ2) is 6.84. The van der Waals surface area contributed by atoms with Crippen molar-refractivity contribution < 1.29 is 13.9 Å². The van der Waals surface area contributed by atoms with Crippen LogP contribution in [0.5, 0.6) is 0 Å². The molecule has 2 atom stereocenters. The Labute approximate surface area is 171 Å². The largest absolute Gasteiger partial charge is 0.444 e. The molecule has 2 fully saturated rings. The highest BCUT2D eigenvalue weighted by molar-refractivity contribution is 6.31. The van der Waals surface area contributed by atoms with Crippen molar-refractivity contribution in [3.63, 3.8) is 0 Å². The average Bonchev–Trinajstić information content (AvgIpc) is 2.87. The van der Waals surface area contributed by atoms with Gasteiger partial charge in [-0.25, -0.2) is 19.2 Å². The summed E-state index contributed by atoms with van der Waals surface area (Å²) in [5.41, 5.74) is -0.258. The monoisotopic (exact) mass is 427 g/mol. The Morgan fingerprint density at radius 2 is 1.82 bits per heavy atom. The summed E-state index contributed by atoms with van der Waals surface area (Å²) in [5.74, 6) is -0.223. The molecule has 0 aromatic carbocycles. The molecule has 2 saturated heterocycles. The summed E-state index contributed by atoms with van der Waals surface area (Å²) in [4.78, 5) is 28.9. The van der Waals surface area contributed by atoms with Crippen LogP contribution in [0.4, 0.5) is 15.0 Å². The van der Waals surface area contributed by atoms with Gasteiger partial charge in [0.15, 0.2) is 11.6 Å². The number of ether oxygens (including phenoxy) is 1. The van der Waals surface area contributed by atoms with Gasteiger partial charge in [0.05, 0.1) is 17.1 Å². The van der Waals surface area contributed by atoms with Gasteiger partial charge in [-0.15, -0.1) is 0 Å². The number of amides is 1. The molecule has 4 rings (SSSR count). The second-order valence-electron chi connectivity index (χ2n) is 8.11. The zero-order valence-corrected chi connectivity index (χ0v) is 17.3. The molecule has 10 heteroatoms. The van der Waals surface area contributed by atoms with Crippen LogP contribution in [-0.4, -0.2) is 56.7 Å². The van der Waals surface area contributed by atoms with Gasteiger partial charge in [-0.2, -0.15) is 4.98 Å². The minimum atomic E-state index is -0.674. The predicted octanol–water partition coefficient (Wildman–Crippen LogP) is 4.06. The van der Waals surface area contributed by atoms with Gasteiger partial charge in [-0.3, -0.25) is 4.90 Å². The molecule has 4 heterocycles. The smallest absolute Gasteiger partial charge is 0.410 e. The Morgan fingerprint density at radius 1 is 1.18 bits per heavy atom. The minimum absolute atomic E-state index is 0.00980. The summed E-state index contributed by atoms with van der Waals surface area (Å²) in [6.45, 7) is 6.62. The Morgan fingerprint density at radius 3 is 2.43 bits per heavy atom. The minimum Gasteiger partial charge on any atom is -0.444 e. The molecule has 1 amide bonds. The van der Waals surface area contributed by atoms with E-state index in [-0.39, 0.29) is 34.0 Å². The number of carbonyl (C=O) groups excluding carboxylic acids is 1. The van der Waals surface area contributed by atoms with Crippen molar-refractivity contribution in [3.8, 4) is 0 Å². The lowest BCUT2D eigenvalue weighted by Crippen LogP contribution is -2.57. The van der Waals surface area contributed by atoms with E-state index in [1.54, 1.807) is 0 Å². The molecule has 7 nitrogen and oxygen atoms in total. The van der Waals surface area contributed by atoms with Crippen LogP contribution in [0.2, 0.25) is 10.3 Å². The molecule has 2 aliphatic heterocycles. The van der Waals surface area contributed by atoms with Crippen molar-refractivity contribution in [3.05, 3.63) is 22.3 Å². The zero-order valence-electron chi connectivity index (χ0n) is 15.7. The number of fused-ring (bicyclic) bond motifs is 3. The first-order valence-electron chi connectivity index (χ1n) is 9.07. The fourth-order valence-electron chi connectivity index (χ4n) is 3.89. The summed E-state index contributed by atoms with van der Waals surface area (Å²) in [6.07, 6.45) is 2.67. The summed E-state index contributed by atoms with van der Waals surface area (Å²) in [6, 6.07) is -0.0379. The number of pyridine rings is 1. The molecule has 2 aromatic rings. The fraction of sp³-hybridized carbons (Fsp3) is 0.556. The van der Waals surface area contributed by atoms with E-state index in [1.807, 2.05) is 30.6 Å². The van der Waals surface area contributed by atoms with Crippen molar-refractivity contribution in [1.29, 1.82) is 0 Å². The van der Waals surface area contributed by atoms with Crippen LogP contribution in [0.3, 0.4) is 0 Å². The number of hydrogen-bond acceptors (Lipinski definition) is 6. The maximum Gasteiger partial charge on any atom is 0.410 e. The van der Waals surface area contributed by atoms with Crippen LogP contribution in [0.15, 0.2) is 6.20 Å². The van der Waals surface area contributed by atoms with Gasteiger partial charge in [0, 0.05) is 19.3 Å². The maximum absolute atomic E-state index is 14.4. The predicted molar refractivity (Wildman–Crippen MR) is 104 cm³/mol. The van der Waals surface area contributed by atoms with Gasteiger partial charge < -0.3 is 9.64 Å². The molecule has 0 aliphatic carbocycles. The normalized spacial score (nSPS) is 22.1. The number of carbonyl (C=O) groups is 1. The number of nitrogens with zero attached hydrogens (tertiary/aromatic N) is 5. The quantitative estimate of drug-likeness (QED) is 0.638. The van der Waals surface area contributed by atoms with E-state index in [2.05, 4.69) is 15.0 Å². The van der Waals surface area contributed by atoms with E-state index in [0.717, 1.165) is 12.8 Å². The molecule has 2 unspecified atom stereocenters. The Balaban J connectivity index is 1.65. The highest BCUT2D eigenvalue weighted by Gasteiger charge is 2.45. The third-order valence-corrected chi connectivity index (χ3v) is 5.38. The Hall–Kier alpha value is -1.93. The van der Waals surface area contributed by atoms with E-state index in [1.165, 1.54) is 6.20 Å². The first-order chi connectivity index (χ1) is 13.1. The van der Waals surface area contributed by atoms with Gasteiger partial charge >= 0.3 is 6.09 Å². The van der Waals surface area contributed by atoms with Crippen molar-refractivity contribution in [1.82, 2.24) is 19.9 Å². The van der Waals surface area contributed by atoms with Gasteiger partial charge in [-0.05, 0) is 45.2 Å². The molecular weight excluding hydrogens is 408 g/mol. The lowest BCUT2D eigenvalue weighted by Gasteiger charge is -2.41.